The minimum absolute atomic E-state index is 0.294. The van der Waals surface area contributed by atoms with Gasteiger partial charge in [0.05, 0.1) is 0 Å². The first-order chi connectivity index (χ1) is 8.66. The van der Waals surface area contributed by atoms with Gasteiger partial charge in [-0.25, -0.2) is 0 Å². The van der Waals surface area contributed by atoms with Crippen LogP contribution in [0.15, 0.2) is 0 Å². The number of nitrogens with zero attached hydrogens (tertiary/aromatic N) is 1. The lowest BCUT2D eigenvalue weighted by atomic mass is 9.84. The molecule has 3 heteroatoms. The van der Waals surface area contributed by atoms with Crippen LogP contribution in [0.5, 0.6) is 0 Å². The number of carbonyl (C=O) groups is 1. The molecule has 0 atom stereocenters. The van der Waals surface area contributed by atoms with Crippen molar-refractivity contribution in [2.24, 2.45) is 11.8 Å². The molecular weight excluding hydrogens is 246 g/mol. The summed E-state index contributed by atoms with van der Waals surface area (Å²) in [6.07, 6.45) is 10.8. The van der Waals surface area contributed by atoms with Gasteiger partial charge in [-0.1, -0.05) is 32.1 Å². The molecule has 0 aromatic heterocycles. The van der Waals surface area contributed by atoms with Crippen LogP contribution in [0.1, 0.15) is 57.8 Å². The molecule has 0 aromatic rings. The Morgan fingerprint density at radius 3 is 2.22 bits per heavy atom. The Kier molecular flexibility index (Phi) is 5.35. The molecule has 0 bridgehead atoms. The van der Waals surface area contributed by atoms with Crippen molar-refractivity contribution in [1.82, 2.24) is 4.90 Å². The van der Waals surface area contributed by atoms with Crippen molar-refractivity contribution in [1.29, 1.82) is 0 Å². The van der Waals surface area contributed by atoms with Gasteiger partial charge in [0.1, 0.15) is 0 Å². The molecule has 0 saturated heterocycles. The number of carbonyl (C=O) groups excluding carboxylic acids is 1. The Labute approximate surface area is 116 Å². The number of hydrogen-bond acceptors (Lipinski definition) is 1. The second-order valence-electron chi connectivity index (χ2n) is 6.20. The van der Waals surface area contributed by atoms with Gasteiger partial charge < -0.3 is 4.90 Å². The number of hydrogen-bond donors (Lipinski definition) is 0. The maximum atomic E-state index is 12.4. The number of halogens is 1. The topological polar surface area (TPSA) is 20.3 Å². The Balaban J connectivity index is 1.76. The zero-order valence-corrected chi connectivity index (χ0v) is 12.3. The average Bonchev–Trinajstić information content (AvgIpc) is 2.25. The Morgan fingerprint density at radius 1 is 1.11 bits per heavy atom. The first kappa shape index (κ1) is 14.2. The van der Waals surface area contributed by atoms with Crippen LogP contribution in [0.4, 0.5) is 0 Å². The highest BCUT2D eigenvalue weighted by atomic mass is 35.5. The van der Waals surface area contributed by atoms with Gasteiger partial charge in [0.15, 0.2) is 0 Å². The van der Waals surface area contributed by atoms with Crippen molar-refractivity contribution >= 4 is 17.5 Å². The molecule has 0 aliphatic heterocycles. The molecule has 0 spiro atoms. The van der Waals surface area contributed by atoms with Crippen LogP contribution in [0, 0.1) is 11.8 Å². The lowest BCUT2D eigenvalue weighted by molar-refractivity contribution is -0.135. The number of rotatable bonds is 3. The Bertz CT molecular complexity index is 268. The fourth-order valence-corrected chi connectivity index (χ4v) is 3.80. The first-order valence-corrected chi connectivity index (χ1v) is 7.99. The molecule has 2 aliphatic rings. The molecule has 104 valence electrons. The quantitative estimate of drug-likeness (QED) is 0.715. The highest BCUT2D eigenvalue weighted by Crippen LogP contribution is 2.33. The number of amides is 1. The summed E-state index contributed by atoms with van der Waals surface area (Å²) in [4.78, 5) is 14.4. The SMILES string of the molecule is CN(CC1CC(Cl)C1)C(=O)C1CCCCCCC1. The zero-order valence-electron chi connectivity index (χ0n) is 11.5. The van der Waals surface area contributed by atoms with Gasteiger partial charge in [0.2, 0.25) is 5.91 Å². The molecule has 2 fully saturated rings. The smallest absolute Gasteiger partial charge is 0.225 e. The standard InChI is InChI=1S/C15H26ClNO/c1-17(11-12-9-14(16)10-12)15(18)13-7-5-3-2-4-6-8-13/h12-14H,2-11H2,1H3. The monoisotopic (exact) mass is 271 g/mol. The first-order valence-electron chi connectivity index (χ1n) is 7.56. The zero-order chi connectivity index (χ0) is 13.0. The molecule has 2 saturated carbocycles. The highest BCUT2D eigenvalue weighted by Gasteiger charge is 2.30. The third kappa shape index (κ3) is 3.88. The van der Waals surface area contributed by atoms with Crippen molar-refractivity contribution in [3.8, 4) is 0 Å². The minimum atomic E-state index is 0.294. The second-order valence-corrected chi connectivity index (χ2v) is 6.81. The van der Waals surface area contributed by atoms with Crippen molar-refractivity contribution in [2.75, 3.05) is 13.6 Å². The van der Waals surface area contributed by atoms with Gasteiger partial charge >= 0.3 is 0 Å². The van der Waals surface area contributed by atoms with Crippen molar-refractivity contribution in [3.05, 3.63) is 0 Å². The van der Waals surface area contributed by atoms with Crippen LogP contribution in [0.2, 0.25) is 0 Å². The van der Waals surface area contributed by atoms with Crippen molar-refractivity contribution < 1.29 is 4.79 Å². The van der Waals surface area contributed by atoms with Crippen LogP contribution in [-0.4, -0.2) is 29.8 Å². The fraction of sp³-hybridized carbons (Fsp3) is 0.933. The normalized spacial score (nSPS) is 30.1. The summed E-state index contributed by atoms with van der Waals surface area (Å²) >= 11 is 5.99. The van der Waals surface area contributed by atoms with E-state index in [1.165, 1.54) is 32.1 Å². The molecule has 18 heavy (non-hydrogen) atoms. The molecule has 0 heterocycles. The van der Waals surface area contributed by atoms with Crippen molar-refractivity contribution in [3.63, 3.8) is 0 Å². The summed E-state index contributed by atoms with van der Waals surface area (Å²) in [5, 5.41) is 0.361. The molecule has 0 radical (unpaired) electrons. The molecule has 0 N–H and O–H groups in total. The Hall–Kier alpha value is -0.240. The van der Waals surface area contributed by atoms with E-state index in [-0.39, 0.29) is 0 Å². The molecule has 0 aromatic carbocycles. The largest absolute Gasteiger partial charge is 0.345 e. The van der Waals surface area contributed by atoms with E-state index < -0.39 is 0 Å². The lowest BCUT2D eigenvalue weighted by Gasteiger charge is -2.35. The van der Waals surface area contributed by atoms with E-state index in [4.69, 9.17) is 11.6 Å². The van der Waals surface area contributed by atoms with E-state index in [0.717, 1.165) is 32.2 Å². The maximum Gasteiger partial charge on any atom is 0.225 e. The predicted octanol–water partition coefficient (Wildman–Crippen LogP) is 3.82. The molecule has 2 rings (SSSR count). The van der Waals surface area contributed by atoms with E-state index in [0.29, 0.717) is 23.1 Å². The minimum Gasteiger partial charge on any atom is -0.345 e. The van der Waals surface area contributed by atoms with E-state index in [9.17, 15) is 4.79 Å². The van der Waals surface area contributed by atoms with E-state index in [2.05, 4.69) is 0 Å². The Morgan fingerprint density at radius 2 is 1.67 bits per heavy atom. The summed E-state index contributed by atoms with van der Waals surface area (Å²) < 4.78 is 0. The highest BCUT2D eigenvalue weighted by molar-refractivity contribution is 6.21. The molecular formula is C15H26ClNO. The van der Waals surface area contributed by atoms with Crippen LogP contribution >= 0.6 is 11.6 Å². The van der Waals surface area contributed by atoms with E-state index >= 15 is 0 Å². The average molecular weight is 272 g/mol. The van der Waals surface area contributed by atoms with Crippen LogP contribution in [0.3, 0.4) is 0 Å². The second kappa shape index (κ2) is 6.79. The van der Waals surface area contributed by atoms with Crippen LogP contribution < -0.4 is 0 Å². The summed E-state index contributed by atoms with van der Waals surface area (Å²) in [5.41, 5.74) is 0. The van der Waals surface area contributed by atoms with Gasteiger partial charge in [0.25, 0.3) is 0 Å². The van der Waals surface area contributed by atoms with Gasteiger partial charge in [-0.2, -0.15) is 0 Å². The summed E-state index contributed by atoms with van der Waals surface area (Å²) in [5.74, 6) is 1.33. The van der Waals surface area contributed by atoms with Gasteiger partial charge in [-0.05, 0) is 31.6 Å². The number of alkyl halides is 1. The van der Waals surface area contributed by atoms with Gasteiger partial charge in [-0.3, -0.25) is 4.79 Å². The fourth-order valence-electron chi connectivity index (χ4n) is 3.30. The van der Waals surface area contributed by atoms with E-state index in [1.54, 1.807) is 0 Å². The molecule has 2 aliphatic carbocycles. The summed E-state index contributed by atoms with van der Waals surface area (Å²) in [6.45, 7) is 0.915. The van der Waals surface area contributed by atoms with Crippen LogP contribution in [0.25, 0.3) is 0 Å². The summed E-state index contributed by atoms with van der Waals surface area (Å²) in [6, 6.07) is 0. The van der Waals surface area contributed by atoms with E-state index in [1.807, 2.05) is 11.9 Å². The molecule has 1 amide bonds. The third-order valence-corrected chi connectivity index (χ3v) is 4.90. The van der Waals surface area contributed by atoms with Gasteiger partial charge in [-0.15, -0.1) is 11.6 Å². The molecule has 2 nitrogen and oxygen atoms in total. The summed E-state index contributed by atoms with van der Waals surface area (Å²) in [7, 11) is 1.97. The van der Waals surface area contributed by atoms with Crippen LogP contribution in [-0.2, 0) is 4.79 Å². The maximum absolute atomic E-state index is 12.4. The third-order valence-electron chi connectivity index (χ3n) is 4.54. The predicted molar refractivity (Wildman–Crippen MR) is 75.8 cm³/mol. The van der Waals surface area contributed by atoms with Gasteiger partial charge in [0, 0.05) is 24.9 Å². The lowest BCUT2D eigenvalue weighted by Crippen LogP contribution is -2.40. The van der Waals surface area contributed by atoms with Crippen molar-refractivity contribution in [2.45, 2.75) is 63.2 Å². The molecule has 0 unspecified atom stereocenters.